The van der Waals surface area contributed by atoms with E-state index in [2.05, 4.69) is 4.98 Å². The van der Waals surface area contributed by atoms with E-state index in [0.717, 1.165) is 11.8 Å². The van der Waals surface area contributed by atoms with E-state index in [0.29, 0.717) is 16.4 Å². The normalized spacial score (nSPS) is 11.2. The third kappa shape index (κ3) is 2.46. The van der Waals surface area contributed by atoms with E-state index in [1.165, 1.54) is 16.7 Å². The molecule has 6 nitrogen and oxygen atoms in total. The van der Waals surface area contributed by atoms with Gasteiger partial charge in [-0.2, -0.15) is 0 Å². The lowest BCUT2D eigenvalue weighted by Crippen LogP contribution is -2.16. The topological polar surface area (TPSA) is 77.1 Å². The highest BCUT2D eigenvalue weighted by atomic mass is 19.1. The summed E-state index contributed by atoms with van der Waals surface area (Å²) in [5.74, 6) is -1.59. The number of aliphatic carboxylic acids is 1. The number of pyridine rings is 1. The van der Waals surface area contributed by atoms with Crippen LogP contribution in [0.1, 0.15) is 0 Å². The van der Waals surface area contributed by atoms with Gasteiger partial charge in [-0.3, -0.25) is 9.59 Å². The lowest BCUT2D eigenvalue weighted by Gasteiger charge is -2.14. The van der Waals surface area contributed by atoms with Crippen LogP contribution in [0.25, 0.3) is 27.5 Å². The van der Waals surface area contributed by atoms with Crippen LogP contribution in [-0.4, -0.2) is 25.2 Å². The van der Waals surface area contributed by atoms with Crippen molar-refractivity contribution in [2.45, 2.75) is 6.54 Å². The van der Waals surface area contributed by atoms with Crippen molar-refractivity contribution >= 4 is 27.8 Å². The monoisotopic (exact) mass is 337 g/mol. The highest BCUT2D eigenvalue weighted by Gasteiger charge is 2.14. The largest absolute Gasteiger partial charge is 0.480 e. The van der Waals surface area contributed by atoms with Gasteiger partial charge in [0.05, 0.1) is 17.4 Å². The second kappa shape index (κ2) is 5.55. The Morgan fingerprint density at radius 3 is 2.68 bits per heavy atom. The van der Waals surface area contributed by atoms with Gasteiger partial charge in [-0.1, -0.05) is 0 Å². The quantitative estimate of drug-likeness (QED) is 0.583. The number of hydrogen-bond acceptors (Lipinski definition) is 3. The summed E-state index contributed by atoms with van der Waals surface area (Å²) < 4.78 is 16.8. The Kier molecular flexibility index (Phi) is 3.35. The molecule has 0 unspecified atom stereocenters. The van der Waals surface area contributed by atoms with Crippen LogP contribution >= 0.6 is 0 Å². The minimum Gasteiger partial charge on any atom is -0.480 e. The Morgan fingerprint density at radius 1 is 1.12 bits per heavy atom. The molecule has 4 rings (SSSR count). The minimum atomic E-state index is -1.05. The summed E-state index contributed by atoms with van der Waals surface area (Å²) in [6.07, 6.45) is 4.98. The highest BCUT2D eigenvalue weighted by Crippen LogP contribution is 2.22. The summed E-state index contributed by atoms with van der Waals surface area (Å²) in [5, 5.41) is 9.77. The number of hydrogen-bond donors (Lipinski definition) is 1. The summed E-state index contributed by atoms with van der Waals surface area (Å²) in [5.41, 5.74) is 1.26. The fourth-order valence-corrected chi connectivity index (χ4v) is 3.01. The Balaban J connectivity index is 2.14. The van der Waals surface area contributed by atoms with E-state index in [1.807, 2.05) is 0 Å². The fourth-order valence-electron chi connectivity index (χ4n) is 3.01. The molecule has 0 saturated carbocycles. The molecule has 7 heteroatoms. The van der Waals surface area contributed by atoms with Crippen molar-refractivity contribution in [3.63, 3.8) is 0 Å². The van der Waals surface area contributed by atoms with Gasteiger partial charge in [0.1, 0.15) is 12.4 Å². The molecular weight excluding hydrogens is 325 g/mol. The van der Waals surface area contributed by atoms with Gasteiger partial charge in [-0.05, 0) is 36.4 Å². The molecule has 4 aromatic rings. The number of nitrogens with zero attached hydrogens (tertiary/aromatic N) is 3. The van der Waals surface area contributed by atoms with Crippen LogP contribution in [0, 0.1) is 5.82 Å². The maximum absolute atomic E-state index is 13.6. The fraction of sp³-hybridized carbons (Fsp3) is 0.0556. The van der Waals surface area contributed by atoms with Gasteiger partial charge < -0.3 is 14.2 Å². The Bertz CT molecular complexity index is 1180. The molecule has 2 aromatic heterocycles. The number of imidazole rings is 1. The molecule has 0 spiro atoms. The summed E-state index contributed by atoms with van der Waals surface area (Å²) >= 11 is 0. The van der Waals surface area contributed by atoms with Crippen LogP contribution in [0.15, 0.2) is 59.9 Å². The van der Waals surface area contributed by atoms with Gasteiger partial charge in [0.25, 0.3) is 0 Å². The van der Waals surface area contributed by atoms with Crippen molar-refractivity contribution in [2.75, 3.05) is 0 Å². The number of fused-ring (bicyclic) bond motifs is 2. The molecule has 0 aliphatic heterocycles. The molecule has 0 aliphatic rings. The molecule has 124 valence electrons. The molecule has 0 amide bonds. The predicted octanol–water partition coefficient (Wildman–Crippen LogP) is 2.56. The van der Waals surface area contributed by atoms with Gasteiger partial charge in [0.15, 0.2) is 5.43 Å². The maximum Gasteiger partial charge on any atom is 0.323 e. The molecule has 0 saturated heterocycles. The zero-order chi connectivity index (χ0) is 17.6. The Hall–Kier alpha value is -3.48. The summed E-state index contributed by atoms with van der Waals surface area (Å²) in [4.78, 5) is 28.0. The molecule has 0 bridgehead atoms. The van der Waals surface area contributed by atoms with Crippen molar-refractivity contribution in [3.8, 4) is 5.69 Å². The van der Waals surface area contributed by atoms with Gasteiger partial charge >= 0.3 is 5.97 Å². The lowest BCUT2D eigenvalue weighted by molar-refractivity contribution is -0.137. The van der Waals surface area contributed by atoms with Crippen LogP contribution < -0.4 is 5.43 Å². The number of rotatable bonds is 3. The first-order valence-corrected chi connectivity index (χ1v) is 7.50. The first kappa shape index (κ1) is 15.1. The number of aromatic nitrogens is 3. The number of benzene rings is 2. The van der Waals surface area contributed by atoms with Crippen molar-refractivity contribution in [1.82, 2.24) is 14.1 Å². The van der Waals surface area contributed by atoms with Gasteiger partial charge in [-0.15, -0.1) is 0 Å². The van der Waals surface area contributed by atoms with E-state index in [-0.39, 0.29) is 17.4 Å². The third-order valence-electron chi connectivity index (χ3n) is 4.11. The van der Waals surface area contributed by atoms with E-state index >= 15 is 0 Å². The maximum atomic E-state index is 13.6. The highest BCUT2D eigenvalue weighted by molar-refractivity contribution is 5.95. The van der Waals surface area contributed by atoms with E-state index < -0.39 is 11.8 Å². The standard InChI is InChI=1S/C18H12FN3O3/c19-11-1-4-15-14(7-11)18(25)13-3-2-12(21-6-5-20-10-21)8-16(13)22(15)9-17(23)24/h1-8,10H,9H2,(H,23,24). The number of halogens is 1. The van der Waals surface area contributed by atoms with Crippen molar-refractivity contribution in [3.05, 3.63) is 71.2 Å². The zero-order valence-corrected chi connectivity index (χ0v) is 12.9. The van der Waals surface area contributed by atoms with Crippen molar-refractivity contribution in [2.24, 2.45) is 0 Å². The molecule has 0 fully saturated rings. The van der Waals surface area contributed by atoms with Crippen LogP contribution in [0.3, 0.4) is 0 Å². The smallest absolute Gasteiger partial charge is 0.323 e. The lowest BCUT2D eigenvalue weighted by atomic mass is 10.1. The number of carbonyl (C=O) groups is 1. The molecular formula is C18H12FN3O3. The summed E-state index contributed by atoms with van der Waals surface area (Å²) in [6, 6.07) is 8.87. The van der Waals surface area contributed by atoms with Gasteiger partial charge in [-0.25, -0.2) is 9.37 Å². The van der Waals surface area contributed by atoms with Crippen LogP contribution in [0.4, 0.5) is 4.39 Å². The predicted molar refractivity (Wildman–Crippen MR) is 90.4 cm³/mol. The molecule has 2 heterocycles. The first-order chi connectivity index (χ1) is 12.0. The van der Waals surface area contributed by atoms with E-state index in [1.54, 1.807) is 41.5 Å². The first-order valence-electron chi connectivity index (χ1n) is 7.50. The SMILES string of the molecule is O=C(O)Cn1c2ccc(F)cc2c(=O)c2ccc(-n3ccnc3)cc21. The van der Waals surface area contributed by atoms with Crippen molar-refractivity contribution < 1.29 is 14.3 Å². The number of carboxylic acid groups (broad SMARTS) is 1. The van der Waals surface area contributed by atoms with E-state index in [4.69, 9.17) is 0 Å². The molecule has 0 aliphatic carbocycles. The molecule has 0 atom stereocenters. The summed E-state index contributed by atoms with van der Waals surface area (Å²) in [6.45, 7) is -0.341. The van der Waals surface area contributed by atoms with E-state index in [9.17, 15) is 19.1 Å². The molecule has 1 N–H and O–H groups in total. The second-order valence-corrected chi connectivity index (χ2v) is 5.64. The Morgan fingerprint density at radius 2 is 1.96 bits per heavy atom. The van der Waals surface area contributed by atoms with Crippen LogP contribution in [0.2, 0.25) is 0 Å². The molecule has 2 aromatic carbocycles. The number of carboxylic acids is 1. The van der Waals surface area contributed by atoms with Crippen LogP contribution in [-0.2, 0) is 11.3 Å². The summed E-state index contributed by atoms with van der Waals surface area (Å²) in [7, 11) is 0. The molecule has 0 radical (unpaired) electrons. The average Bonchev–Trinajstić information content (AvgIpc) is 3.12. The average molecular weight is 337 g/mol. The van der Waals surface area contributed by atoms with Crippen molar-refractivity contribution in [1.29, 1.82) is 0 Å². The van der Waals surface area contributed by atoms with Crippen LogP contribution in [0.5, 0.6) is 0 Å². The van der Waals surface area contributed by atoms with Gasteiger partial charge in [0, 0.05) is 28.9 Å². The third-order valence-corrected chi connectivity index (χ3v) is 4.11. The molecule has 25 heavy (non-hydrogen) atoms. The minimum absolute atomic E-state index is 0.157. The Labute approximate surface area is 140 Å². The zero-order valence-electron chi connectivity index (χ0n) is 12.9. The van der Waals surface area contributed by atoms with Gasteiger partial charge in [0.2, 0.25) is 0 Å². The second-order valence-electron chi connectivity index (χ2n) is 5.64.